The third-order valence-electron chi connectivity index (χ3n) is 5.40. The molecule has 6 nitrogen and oxygen atoms in total. The maximum Gasteiger partial charge on any atom is 0.227 e. The molecule has 2 aliphatic rings. The molecule has 1 N–H and O–H groups in total. The van der Waals surface area contributed by atoms with Gasteiger partial charge in [0, 0.05) is 50.9 Å². The van der Waals surface area contributed by atoms with E-state index in [4.69, 9.17) is 4.74 Å². The van der Waals surface area contributed by atoms with Crippen molar-refractivity contribution in [2.24, 2.45) is 5.92 Å². The van der Waals surface area contributed by atoms with E-state index in [0.29, 0.717) is 19.1 Å². The molecular formula is C20H24N4O2. The van der Waals surface area contributed by atoms with E-state index in [0.717, 1.165) is 30.8 Å². The van der Waals surface area contributed by atoms with Crippen LogP contribution in [0.1, 0.15) is 23.2 Å². The molecule has 0 bridgehead atoms. The minimum atomic E-state index is -0.136. The zero-order valence-corrected chi connectivity index (χ0v) is 15.0. The summed E-state index contributed by atoms with van der Waals surface area (Å²) in [5, 5.41) is 3.05. The standard InChI is InChI=1S/C20H24N4O2/c1-14-4-2-8-22-17(14)13-24-12-16(19-18(24)6-9-26-19)20(25)23-11-15-5-3-7-21-10-15/h2-5,7-8,10,16,18-19H,6,9,11-13H2,1H3,(H,23,25)/t16-,18+,19+/m0/s1. The molecule has 3 atom stereocenters. The first-order chi connectivity index (χ1) is 12.7. The molecule has 2 fully saturated rings. The van der Waals surface area contributed by atoms with Crippen molar-refractivity contribution in [1.82, 2.24) is 20.2 Å². The number of amides is 1. The lowest BCUT2D eigenvalue weighted by Gasteiger charge is -2.22. The van der Waals surface area contributed by atoms with E-state index in [-0.39, 0.29) is 17.9 Å². The lowest BCUT2D eigenvalue weighted by Crippen LogP contribution is -2.37. The number of likely N-dealkylation sites (tertiary alicyclic amines) is 1. The molecule has 2 saturated heterocycles. The van der Waals surface area contributed by atoms with Crippen LogP contribution in [0.15, 0.2) is 42.9 Å². The molecule has 0 aromatic carbocycles. The Balaban J connectivity index is 1.42. The number of rotatable bonds is 5. The van der Waals surface area contributed by atoms with E-state index in [1.54, 1.807) is 12.4 Å². The largest absolute Gasteiger partial charge is 0.376 e. The van der Waals surface area contributed by atoms with Crippen molar-refractivity contribution in [2.75, 3.05) is 13.2 Å². The maximum atomic E-state index is 12.8. The molecule has 0 aliphatic carbocycles. The number of pyridine rings is 2. The molecule has 1 amide bonds. The average Bonchev–Trinajstić information content (AvgIpc) is 3.26. The first kappa shape index (κ1) is 17.1. The Morgan fingerprint density at radius 3 is 3.04 bits per heavy atom. The Bertz CT molecular complexity index is 767. The molecule has 4 rings (SSSR count). The molecule has 4 heterocycles. The molecule has 2 aliphatic heterocycles. The van der Waals surface area contributed by atoms with Gasteiger partial charge in [0.15, 0.2) is 0 Å². The first-order valence-electron chi connectivity index (χ1n) is 9.15. The highest BCUT2D eigenvalue weighted by Gasteiger charge is 2.48. The molecule has 2 aromatic heterocycles. The number of carbonyl (C=O) groups excluding carboxylic acids is 1. The maximum absolute atomic E-state index is 12.8. The Hall–Kier alpha value is -2.31. The number of fused-ring (bicyclic) bond motifs is 1. The van der Waals surface area contributed by atoms with Crippen molar-refractivity contribution >= 4 is 5.91 Å². The number of nitrogens with one attached hydrogen (secondary N) is 1. The second kappa shape index (κ2) is 7.51. The van der Waals surface area contributed by atoms with Crippen LogP contribution in [0.5, 0.6) is 0 Å². The van der Waals surface area contributed by atoms with Gasteiger partial charge in [0.05, 0.1) is 17.7 Å². The highest BCUT2D eigenvalue weighted by Crippen LogP contribution is 2.34. The van der Waals surface area contributed by atoms with Crippen LogP contribution in [0.4, 0.5) is 0 Å². The zero-order chi connectivity index (χ0) is 17.9. The van der Waals surface area contributed by atoms with Gasteiger partial charge >= 0.3 is 0 Å². The van der Waals surface area contributed by atoms with Crippen LogP contribution in [0.25, 0.3) is 0 Å². The molecule has 136 valence electrons. The van der Waals surface area contributed by atoms with Gasteiger partial charge in [0.2, 0.25) is 5.91 Å². The summed E-state index contributed by atoms with van der Waals surface area (Å²) in [7, 11) is 0. The number of hydrogen-bond donors (Lipinski definition) is 1. The molecule has 0 spiro atoms. The normalized spacial score (nSPS) is 25.2. The van der Waals surface area contributed by atoms with Crippen LogP contribution < -0.4 is 5.32 Å². The van der Waals surface area contributed by atoms with Crippen LogP contribution in [0.3, 0.4) is 0 Å². The molecule has 6 heteroatoms. The summed E-state index contributed by atoms with van der Waals surface area (Å²) >= 11 is 0. The summed E-state index contributed by atoms with van der Waals surface area (Å²) in [6, 6.07) is 8.18. The van der Waals surface area contributed by atoms with Crippen molar-refractivity contribution in [3.8, 4) is 0 Å². The molecule has 0 saturated carbocycles. The minimum absolute atomic E-state index is 0.0204. The number of aromatic nitrogens is 2. The number of carbonyl (C=O) groups is 1. The number of nitrogens with zero attached hydrogens (tertiary/aromatic N) is 3. The zero-order valence-electron chi connectivity index (χ0n) is 15.0. The Labute approximate surface area is 153 Å². The van der Waals surface area contributed by atoms with E-state index in [9.17, 15) is 4.79 Å². The monoisotopic (exact) mass is 352 g/mol. The van der Waals surface area contributed by atoms with Crippen LogP contribution in [-0.4, -0.2) is 46.1 Å². The summed E-state index contributed by atoms with van der Waals surface area (Å²) in [6.45, 7) is 4.78. The fourth-order valence-electron chi connectivity index (χ4n) is 3.98. The second-order valence-corrected chi connectivity index (χ2v) is 7.07. The van der Waals surface area contributed by atoms with Crippen molar-refractivity contribution in [1.29, 1.82) is 0 Å². The van der Waals surface area contributed by atoms with Crippen LogP contribution >= 0.6 is 0 Å². The highest BCUT2D eigenvalue weighted by atomic mass is 16.5. The number of ether oxygens (including phenoxy) is 1. The third kappa shape index (κ3) is 3.48. The lowest BCUT2D eigenvalue weighted by atomic mass is 10.0. The minimum Gasteiger partial charge on any atom is -0.376 e. The summed E-state index contributed by atoms with van der Waals surface area (Å²) < 4.78 is 5.93. The van der Waals surface area contributed by atoms with E-state index >= 15 is 0 Å². The molecule has 0 radical (unpaired) electrons. The topological polar surface area (TPSA) is 67.4 Å². The first-order valence-corrected chi connectivity index (χ1v) is 9.15. The SMILES string of the molecule is Cc1cccnc1CN1C[C@H](C(=O)NCc2cccnc2)[C@H]2OCC[C@H]21. The van der Waals surface area contributed by atoms with E-state index in [2.05, 4.69) is 33.2 Å². The summed E-state index contributed by atoms with van der Waals surface area (Å²) in [6.07, 6.45) is 6.30. The van der Waals surface area contributed by atoms with Gasteiger partial charge in [-0.1, -0.05) is 12.1 Å². The van der Waals surface area contributed by atoms with Crippen molar-refractivity contribution in [2.45, 2.75) is 38.6 Å². The second-order valence-electron chi connectivity index (χ2n) is 7.07. The Morgan fingerprint density at radius 2 is 2.23 bits per heavy atom. The van der Waals surface area contributed by atoms with Crippen molar-refractivity contribution in [3.05, 3.63) is 59.7 Å². The highest BCUT2D eigenvalue weighted by molar-refractivity contribution is 5.80. The molecular weight excluding hydrogens is 328 g/mol. The predicted molar refractivity (Wildman–Crippen MR) is 97.1 cm³/mol. The fourth-order valence-corrected chi connectivity index (χ4v) is 3.98. The van der Waals surface area contributed by atoms with Gasteiger partial charge in [0.25, 0.3) is 0 Å². The van der Waals surface area contributed by atoms with Gasteiger partial charge in [-0.25, -0.2) is 0 Å². The Kier molecular flexibility index (Phi) is 4.95. The van der Waals surface area contributed by atoms with Crippen LogP contribution in [-0.2, 0) is 22.6 Å². The lowest BCUT2D eigenvalue weighted by molar-refractivity contribution is -0.127. The summed E-state index contributed by atoms with van der Waals surface area (Å²) in [4.78, 5) is 23.7. The third-order valence-corrected chi connectivity index (χ3v) is 5.40. The quantitative estimate of drug-likeness (QED) is 0.887. The predicted octanol–water partition coefficient (Wildman–Crippen LogP) is 1.69. The smallest absolute Gasteiger partial charge is 0.227 e. The van der Waals surface area contributed by atoms with Gasteiger partial charge in [-0.15, -0.1) is 0 Å². The molecule has 26 heavy (non-hydrogen) atoms. The summed E-state index contributed by atoms with van der Waals surface area (Å²) in [5.74, 6) is -0.0748. The van der Waals surface area contributed by atoms with Gasteiger partial charge in [-0.3, -0.25) is 19.7 Å². The summed E-state index contributed by atoms with van der Waals surface area (Å²) in [5.41, 5.74) is 3.27. The van der Waals surface area contributed by atoms with Gasteiger partial charge in [-0.05, 0) is 36.6 Å². The van der Waals surface area contributed by atoms with Crippen molar-refractivity contribution < 1.29 is 9.53 Å². The van der Waals surface area contributed by atoms with E-state index in [1.165, 1.54) is 5.56 Å². The van der Waals surface area contributed by atoms with Gasteiger partial charge in [0.1, 0.15) is 0 Å². The molecule has 2 aromatic rings. The van der Waals surface area contributed by atoms with Gasteiger partial charge < -0.3 is 10.1 Å². The molecule has 0 unspecified atom stereocenters. The van der Waals surface area contributed by atoms with Crippen LogP contribution in [0, 0.1) is 12.8 Å². The van der Waals surface area contributed by atoms with E-state index < -0.39 is 0 Å². The number of hydrogen-bond acceptors (Lipinski definition) is 5. The average molecular weight is 352 g/mol. The van der Waals surface area contributed by atoms with Crippen molar-refractivity contribution in [3.63, 3.8) is 0 Å². The number of aryl methyl sites for hydroxylation is 1. The Morgan fingerprint density at radius 1 is 1.35 bits per heavy atom. The van der Waals surface area contributed by atoms with E-state index in [1.807, 2.05) is 24.4 Å². The van der Waals surface area contributed by atoms with Crippen LogP contribution in [0.2, 0.25) is 0 Å². The van der Waals surface area contributed by atoms with Gasteiger partial charge in [-0.2, -0.15) is 0 Å². The fraction of sp³-hybridized carbons (Fsp3) is 0.450.